The maximum Gasteiger partial charge on any atom is 0.145 e. The van der Waals surface area contributed by atoms with Crippen LogP contribution in [0.25, 0.3) is 11.3 Å². The highest BCUT2D eigenvalue weighted by Gasteiger charge is 2.17. The Morgan fingerprint density at radius 1 is 1.32 bits per heavy atom. The van der Waals surface area contributed by atoms with Gasteiger partial charge in [-0.05, 0) is 18.1 Å². The van der Waals surface area contributed by atoms with Crippen LogP contribution in [-0.2, 0) is 6.42 Å². The molecule has 0 atom stereocenters. The van der Waals surface area contributed by atoms with E-state index >= 15 is 0 Å². The molecule has 0 amide bonds. The highest BCUT2D eigenvalue weighted by atomic mass is 16.5. The number of ether oxygens (including phenoxy) is 1. The molecule has 0 bridgehead atoms. The minimum absolute atomic E-state index is 0.757. The number of para-hydroxylation sites is 1. The molecule has 2 heterocycles. The average Bonchev–Trinajstić information content (AvgIpc) is 2.93. The number of anilines is 1. The number of nitrogens with one attached hydrogen (secondary N) is 1. The lowest BCUT2D eigenvalue weighted by atomic mass is 10.1. The Morgan fingerprint density at radius 3 is 3.16 bits per heavy atom. The molecular weight excluding hydrogens is 238 g/mol. The number of benzene rings is 1. The van der Waals surface area contributed by atoms with Gasteiger partial charge in [-0.15, -0.1) is 0 Å². The van der Waals surface area contributed by atoms with E-state index in [4.69, 9.17) is 4.74 Å². The first-order valence-corrected chi connectivity index (χ1v) is 6.69. The topological polar surface area (TPSA) is 47.0 Å². The van der Waals surface area contributed by atoms with E-state index in [0.717, 1.165) is 48.8 Å². The number of rotatable bonds is 4. The van der Waals surface area contributed by atoms with Crippen molar-refractivity contribution in [2.24, 2.45) is 0 Å². The summed E-state index contributed by atoms with van der Waals surface area (Å²) in [6, 6.07) is 6.20. The standard InChI is InChI=1S/C15H17N3O/c1-2-7-17-14-10-16-9-13(18-14)12-5-3-4-11-6-8-19-15(11)12/h3-5,9-10H,2,6-8H2,1H3,(H,17,18). The van der Waals surface area contributed by atoms with E-state index in [-0.39, 0.29) is 0 Å². The molecule has 98 valence electrons. The third-order valence-corrected chi connectivity index (χ3v) is 3.18. The average molecular weight is 255 g/mol. The van der Waals surface area contributed by atoms with Crippen LogP contribution in [0, 0.1) is 0 Å². The summed E-state index contributed by atoms with van der Waals surface area (Å²) in [5.74, 6) is 1.78. The predicted octanol–water partition coefficient (Wildman–Crippen LogP) is 2.90. The zero-order chi connectivity index (χ0) is 13.1. The Hall–Kier alpha value is -2.10. The summed E-state index contributed by atoms with van der Waals surface area (Å²) in [6.45, 7) is 3.79. The normalized spacial score (nSPS) is 12.9. The molecule has 1 N–H and O–H groups in total. The second-order valence-corrected chi connectivity index (χ2v) is 4.61. The summed E-state index contributed by atoms with van der Waals surface area (Å²) in [5.41, 5.74) is 3.15. The Bertz CT molecular complexity index is 583. The van der Waals surface area contributed by atoms with Gasteiger partial charge in [0, 0.05) is 18.5 Å². The first-order chi connectivity index (χ1) is 9.38. The van der Waals surface area contributed by atoms with Crippen LogP contribution in [0.4, 0.5) is 5.82 Å². The van der Waals surface area contributed by atoms with E-state index in [1.165, 1.54) is 5.56 Å². The smallest absolute Gasteiger partial charge is 0.145 e. The molecule has 1 aliphatic heterocycles. The molecule has 1 aliphatic rings. The van der Waals surface area contributed by atoms with Gasteiger partial charge in [0.2, 0.25) is 0 Å². The molecular formula is C15H17N3O. The Labute approximate surface area is 112 Å². The van der Waals surface area contributed by atoms with Crippen LogP contribution in [0.3, 0.4) is 0 Å². The van der Waals surface area contributed by atoms with Gasteiger partial charge in [0.15, 0.2) is 0 Å². The molecule has 2 aromatic rings. The van der Waals surface area contributed by atoms with Crippen LogP contribution in [-0.4, -0.2) is 23.1 Å². The zero-order valence-corrected chi connectivity index (χ0v) is 11.0. The van der Waals surface area contributed by atoms with Gasteiger partial charge < -0.3 is 10.1 Å². The number of aromatic nitrogens is 2. The maximum absolute atomic E-state index is 5.72. The summed E-state index contributed by atoms with van der Waals surface area (Å²) < 4.78 is 5.72. The molecule has 0 unspecified atom stereocenters. The van der Waals surface area contributed by atoms with Crippen molar-refractivity contribution < 1.29 is 4.74 Å². The summed E-state index contributed by atoms with van der Waals surface area (Å²) in [5, 5.41) is 3.26. The van der Waals surface area contributed by atoms with E-state index < -0.39 is 0 Å². The lowest BCUT2D eigenvalue weighted by Crippen LogP contribution is -2.03. The fourth-order valence-corrected chi connectivity index (χ4v) is 2.25. The van der Waals surface area contributed by atoms with Crippen LogP contribution in [0.1, 0.15) is 18.9 Å². The molecule has 4 nitrogen and oxygen atoms in total. The van der Waals surface area contributed by atoms with Crippen LogP contribution < -0.4 is 10.1 Å². The van der Waals surface area contributed by atoms with Gasteiger partial charge in [-0.1, -0.05) is 19.1 Å². The summed E-state index contributed by atoms with van der Waals surface area (Å²) >= 11 is 0. The van der Waals surface area contributed by atoms with E-state index in [9.17, 15) is 0 Å². The second kappa shape index (κ2) is 5.26. The predicted molar refractivity (Wildman–Crippen MR) is 75.4 cm³/mol. The van der Waals surface area contributed by atoms with E-state index in [1.54, 1.807) is 12.4 Å². The van der Waals surface area contributed by atoms with Crippen molar-refractivity contribution in [2.45, 2.75) is 19.8 Å². The molecule has 3 rings (SSSR count). The molecule has 0 aliphatic carbocycles. The minimum Gasteiger partial charge on any atom is -0.492 e. The van der Waals surface area contributed by atoms with Crippen LogP contribution >= 0.6 is 0 Å². The van der Waals surface area contributed by atoms with Crippen molar-refractivity contribution in [3.05, 3.63) is 36.2 Å². The van der Waals surface area contributed by atoms with Crippen molar-refractivity contribution in [3.63, 3.8) is 0 Å². The first kappa shape index (κ1) is 12.0. The monoisotopic (exact) mass is 255 g/mol. The number of fused-ring (bicyclic) bond motifs is 1. The highest BCUT2D eigenvalue weighted by Crippen LogP contribution is 2.35. The quantitative estimate of drug-likeness (QED) is 0.912. The van der Waals surface area contributed by atoms with Crippen LogP contribution in [0.5, 0.6) is 5.75 Å². The molecule has 1 aromatic heterocycles. The Balaban J connectivity index is 1.96. The van der Waals surface area contributed by atoms with Crippen LogP contribution in [0.15, 0.2) is 30.6 Å². The second-order valence-electron chi connectivity index (χ2n) is 4.61. The summed E-state index contributed by atoms with van der Waals surface area (Å²) in [7, 11) is 0. The minimum atomic E-state index is 0.757. The molecule has 19 heavy (non-hydrogen) atoms. The molecule has 0 radical (unpaired) electrons. The summed E-state index contributed by atoms with van der Waals surface area (Å²) in [6.07, 6.45) is 5.58. The van der Waals surface area contributed by atoms with E-state index in [2.05, 4.69) is 34.3 Å². The third-order valence-electron chi connectivity index (χ3n) is 3.18. The first-order valence-electron chi connectivity index (χ1n) is 6.69. The van der Waals surface area contributed by atoms with E-state index in [0.29, 0.717) is 0 Å². The van der Waals surface area contributed by atoms with Crippen molar-refractivity contribution in [1.82, 2.24) is 9.97 Å². The molecule has 1 aromatic carbocycles. The number of hydrogen-bond acceptors (Lipinski definition) is 4. The highest BCUT2D eigenvalue weighted by molar-refractivity contribution is 5.70. The Kier molecular flexibility index (Phi) is 3.31. The number of nitrogens with zero attached hydrogens (tertiary/aromatic N) is 2. The van der Waals surface area contributed by atoms with Gasteiger partial charge >= 0.3 is 0 Å². The largest absolute Gasteiger partial charge is 0.492 e. The molecule has 0 spiro atoms. The Morgan fingerprint density at radius 2 is 2.26 bits per heavy atom. The maximum atomic E-state index is 5.72. The van der Waals surface area contributed by atoms with Gasteiger partial charge in [0.1, 0.15) is 11.6 Å². The van der Waals surface area contributed by atoms with Gasteiger partial charge in [-0.2, -0.15) is 0 Å². The van der Waals surface area contributed by atoms with Crippen molar-refractivity contribution in [3.8, 4) is 17.0 Å². The molecule has 0 saturated carbocycles. The molecule has 4 heteroatoms. The fraction of sp³-hybridized carbons (Fsp3) is 0.333. The van der Waals surface area contributed by atoms with Gasteiger partial charge in [0.25, 0.3) is 0 Å². The lowest BCUT2D eigenvalue weighted by molar-refractivity contribution is 0.358. The van der Waals surface area contributed by atoms with Gasteiger partial charge in [-0.25, -0.2) is 4.98 Å². The fourth-order valence-electron chi connectivity index (χ4n) is 2.25. The van der Waals surface area contributed by atoms with Gasteiger partial charge in [-0.3, -0.25) is 4.98 Å². The van der Waals surface area contributed by atoms with Crippen molar-refractivity contribution >= 4 is 5.82 Å². The van der Waals surface area contributed by atoms with Gasteiger partial charge in [0.05, 0.1) is 24.7 Å². The summed E-state index contributed by atoms with van der Waals surface area (Å²) in [4.78, 5) is 8.86. The third kappa shape index (κ3) is 2.38. The molecule has 0 fully saturated rings. The zero-order valence-electron chi connectivity index (χ0n) is 11.0. The SMILES string of the molecule is CCCNc1cncc(-c2cccc3c2OCC3)n1. The number of hydrogen-bond donors (Lipinski definition) is 1. The lowest BCUT2D eigenvalue weighted by Gasteiger charge is -2.09. The van der Waals surface area contributed by atoms with E-state index in [1.807, 2.05) is 6.07 Å². The van der Waals surface area contributed by atoms with Crippen LogP contribution in [0.2, 0.25) is 0 Å². The van der Waals surface area contributed by atoms with Crippen molar-refractivity contribution in [2.75, 3.05) is 18.5 Å². The molecule has 0 saturated heterocycles. The van der Waals surface area contributed by atoms with Crippen molar-refractivity contribution in [1.29, 1.82) is 0 Å².